The molecule has 2 rings (SSSR count). The number of rotatable bonds is 20. The van der Waals surface area contributed by atoms with Crippen LogP contribution in [0.3, 0.4) is 0 Å². The first-order valence-electron chi connectivity index (χ1n) is 16.4. The van der Waals surface area contributed by atoms with Crippen LogP contribution >= 0.6 is 0 Å². The molecule has 0 aromatic heterocycles. The Morgan fingerprint density at radius 2 is 1.24 bits per heavy atom. The normalized spacial score (nSPS) is 21.6. The molecule has 0 bridgehead atoms. The molecule has 2 N–H and O–H groups in total. The smallest absolute Gasteiger partial charge is 0.450 e. The number of hydrogen-bond acceptors (Lipinski definition) is 10. The lowest BCUT2D eigenvalue weighted by Crippen LogP contribution is -2.49. The first-order chi connectivity index (χ1) is 23.7. The number of esters is 2. The molecular weight excluding hydrogens is 712 g/mol. The van der Waals surface area contributed by atoms with Crippen LogP contribution in [-0.2, 0) is 38.0 Å². The van der Waals surface area contributed by atoms with E-state index < -0.39 is 74.9 Å². The van der Waals surface area contributed by atoms with Gasteiger partial charge in [0.15, 0.2) is 6.61 Å². The minimum atomic E-state index is -5.84. The number of ether oxygens (including phenoxy) is 6. The van der Waals surface area contributed by atoms with Crippen molar-refractivity contribution >= 4 is 24.1 Å². The average molecular weight is 757 g/mol. The lowest BCUT2D eigenvalue weighted by atomic mass is 9.76. The molecule has 0 radical (unpaired) electrons. The number of unbranched alkanes of at least 4 members (excludes halogenated alkanes) is 2. The molecule has 2 fully saturated rings. The summed E-state index contributed by atoms with van der Waals surface area (Å²) >= 11 is 0. The molecule has 2 saturated carbocycles. The van der Waals surface area contributed by atoms with E-state index >= 15 is 0 Å². The van der Waals surface area contributed by atoms with Crippen LogP contribution in [-0.4, -0.2) is 80.6 Å². The molecule has 20 heteroatoms. The Morgan fingerprint density at radius 3 is 1.75 bits per heavy atom. The molecule has 2 aliphatic rings. The van der Waals surface area contributed by atoms with Gasteiger partial charge in [-0.25, -0.2) is 23.9 Å². The first-order valence-corrected chi connectivity index (χ1v) is 16.4. The van der Waals surface area contributed by atoms with Gasteiger partial charge in [0.1, 0.15) is 0 Å². The van der Waals surface area contributed by atoms with Crippen LogP contribution in [0.1, 0.15) is 90.4 Å². The third-order valence-corrected chi connectivity index (χ3v) is 8.25. The summed E-state index contributed by atoms with van der Waals surface area (Å²) in [7, 11) is 0. The molecular formula is C31H44F8N2O10. The Balaban J connectivity index is 1.55. The van der Waals surface area contributed by atoms with Crippen molar-refractivity contribution in [2.75, 3.05) is 20.0 Å². The van der Waals surface area contributed by atoms with Crippen molar-refractivity contribution in [2.24, 2.45) is 11.8 Å². The van der Waals surface area contributed by atoms with Crippen molar-refractivity contribution < 1.29 is 82.7 Å². The summed E-state index contributed by atoms with van der Waals surface area (Å²) < 4.78 is 129. The van der Waals surface area contributed by atoms with E-state index in [9.17, 15) is 54.3 Å². The van der Waals surface area contributed by atoms with Crippen molar-refractivity contribution in [3.05, 3.63) is 12.7 Å². The van der Waals surface area contributed by atoms with Gasteiger partial charge >= 0.3 is 48.6 Å². The van der Waals surface area contributed by atoms with Crippen molar-refractivity contribution in [1.82, 2.24) is 10.6 Å². The minimum absolute atomic E-state index is 0.0248. The Hall–Kier alpha value is -3.42. The van der Waals surface area contributed by atoms with Crippen LogP contribution in [0.2, 0.25) is 0 Å². The van der Waals surface area contributed by atoms with E-state index in [1.54, 1.807) is 0 Å². The second-order valence-corrected chi connectivity index (χ2v) is 12.5. The molecule has 0 aliphatic heterocycles. The van der Waals surface area contributed by atoms with Gasteiger partial charge in [0, 0.05) is 31.5 Å². The topological polar surface area (TPSA) is 148 Å². The summed E-state index contributed by atoms with van der Waals surface area (Å²) in [5, 5.41) is 5.19. The minimum Gasteiger partial charge on any atom is -0.450 e. The molecule has 0 aromatic rings. The van der Waals surface area contributed by atoms with Crippen molar-refractivity contribution in [3.8, 4) is 0 Å². The Labute approximate surface area is 289 Å². The number of nitrogens with one attached hydrogen (secondary N) is 2. The zero-order valence-corrected chi connectivity index (χ0v) is 28.0. The summed E-state index contributed by atoms with van der Waals surface area (Å²) in [6.45, 7) is 0.329. The van der Waals surface area contributed by atoms with Crippen LogP contribution in [0.4, 0.5) is 44.7 Å². The number of hydrogen-bond donors (Lipinski definition) is 2. The quantitative estimate of drug-likeness (QED) is 0.0328. The van der Waals surface area contributed by atoms with Gasteiger partial charge in [0.2, 0.25) is 6.79 Å². The lowest BCUT2D eigenvalue weighted by Gasteiger charge is -2.34. The van der Waals surface area contributed by atoms with E-state index in [2.05, 4.69) is 36.2 Å². The van der Waals surface area contributed by atoms with Gasteiger partial charge in [-0.2, -0.15) is 26.3 Å². The monoisotopic (exact) mass is 756 g/mol. The number of alkyl carbamates (subject to hydrolysis) is 2. The molecule has 0 unspecified atom stereocenters. The molecule has 0 saturated heterocycles. The number of carbonyl (C=O) groups excluding carboxylic acids is 4. The van der Waals surface area contributed by atoms with Crippen LogP contribution in [0.15, 0.2) is 12.7 Å². The largest absolute Gasteiger partial charge is 0.495 e. The Kier molecular flexibility index (Phi) is 17.1. The van der Waals surface area contributed by atoms with Crippen LogP contribution < -0.4 is 10.6 Å². The third kappa shape index (κ3) is 17.6. The molecule has 51 heavy (non-hydrogen) atoms. The molecule has 294 valence electrons. The number of carbonyl (C=O) groups is 4. The highest BCUT2D eigenvalue weighted by atomic mass is 19.3. The second-order valence-electron chi connectivity index (χ2n) is 12.5. The van der Waals surface area contributed by atoms with Crippen LogP contribution in [0.5, 0.6) is 0 Å². The summed E-state index contributed by atoms with van der Waals surface area (Å²) in [5.41, 5.74) is 0. The van der Waals surface area contributed by atoms with E-state index in [1.165, 1.54) is 0 Å². The molecule has 0 heterocycles. The maximum Gasteiger partial charge on any atom is 0.495 e. The summed E-state index contributed by atoms with van der Waals surface area (Å²) in [6, 6.07) is -0.482. The number of alkyl halides is 8. The SMILES string of the molecule is C=CC(=O)OCOC(=O)CCCCCOC(=O)NC1CCC(CC2CCC(NC(=O)OCC(F)(F)OC(F)(F)OC(F)(F)C(C)(F)F)CC2)CC1. The van der Waals surface area contributed by atoms with E-state index in [0.29, 0.717) is 56.8 Å². The average Bonchev–Trinajstić information content (AvgIpc) is 3.02. The fourth-order valence-corrected chi connectivity index (χ4v) is 5.58. The number of amides is 2. The molecule has 2 amide bonds. The fraction of sp³-hybridized carbons (Fsp3) is 0.806. The molecule has 2 aliphatic carbocycles. The van der Waals surface area contributed by atoms with Gasteiger partial charge in [-0.05, 0) is 88.9 Å². The van der Waals surface area contributed by atoms with E-state index in [-0.39, 0.29) is 19.1 Å². The van der Waals surface area contributed by atoms with E-state index in [1.807, 2.05) is 0 Å². The van der Waals surface area contributed by atoms with E-state index in [0.717, 1.165) is 38.2 Å². The van der Waals surface area contributed by atoms with Gasteiger partial charge in [-0.3, -0.25) is 4.79 Å². The van der Waals surface area contributed by atoms with Gasteiger partial charge in [-0.15, -0.1) is 8.78 Å². The van der Waals surface area contributed by atoms with Crippen molar-refractivity contribution in [3.63, 3.8) is 0 Å². The van der Waals surface area contributed by atoms with Gasteiger partial charge in [0.05, 0.1) is 6.61 Å². The third-order valence-electron chi connectivity index (χ3n) is 8.25. The zero-order chi connectivity index (χ0) is 38.3. The van der Waals surface area contributed by atoms with Crippen molar-refractivity contribution in [1.29, 1.82) is 0 Å². The fourth-order valence-electron chi connectivity index (χ4n) is 5.58. The maximum atomic E-state index is 13.7. The van der Waals surface area contributed by atoms with Gasteiger partial charge < -0.3 is 29.6 Å². The van der Waals surface area contributed by atoms with Crippen LogP contribution in [0, 0.1) is 11.8 Å². The summed E-state index contributed by atoms with van der Waals surface area (Å²) in [6.07, 6.45) is -9.26. The Morgan fingerprint density at radius 1 is 0.706 bits per heavy atom. The molecule has 0 atom stereocenters. The zero-order valence-electron chi connectivity index (χ0n) is 28.0. The lowest BCUT2D eigenvalue weighted by molar-refractivity contribution is -0.533. The predicted molar refractivity (Wildman–Crippen MR) is 158 cm³/mol. The second kappa shape index (κ2) is 20.0. The van der Waals surface area contributed by atoms with Crippen molar-refractivity contribution in [2.45, 2.75) is 127 Å². The highest BCUT2D eigenvalue weighted by molar-refractivity contribution is 5.81. The molecule has 12 nitrogen and oxygen atoms in total. The Bertz CT molecular complexity index is 1140. The maximum absolute atomic E-state index is 13.7. The van der Waals surface area contributed by atoms with E-state index in [4.69, 9.17) is 9.47 Å². The highest BCUT2D eigenvalue weighted by Gasteiger charge is 2.62. The molecule has 0 spiro atoms. The first kappa shape index (κ1) is 43.7. The standard InChI is InChI=1S/C31H44F8N2O10/c1-3-24(42)48-19-49-25(43)7-5-4-6-16-46-26(44)40-22-12-8-20(9-13-22)17-21-10-14-23(15-11-21)41-27(45)47-18-29(34,35)50-31(38,39)51-30(36,37)28(2,32)33/h3,20-23H,1,4-19H2,2H3,(H,40,44)(H,41,45). The predicted octanol–water partition coefficient (Wildman–Crippen LogP) is 7.16. The summed E-state index contributed by atoms with van der Waals surface area (Å²) in [4.78, 5) is 46.5. The van der Waals surface area contributed by atoms with Gasteiger partial charge in [-0.1, -0.05) is 6.58 Å². The van der Waals surface area contributed by atoms with Crippen LogP contribution in [0.25, 0.3) is 0 Å². The summed E-state index contributed by atoms with van der Waals surface area (Å²) in [5.74, 6) is -5.59. The van der Waals surface area contributed by atoms with Gasteiger partial charge in [0.25, 0.3) is 0 Å². The molecule has 0 aromatic carbocycles. The highest BCUT2D eigenvalue weighted by Crippen LogP contribution is 2.41. The number of halogens is 8.